The Balaban J connectivity index is 3.37. The molecule has 0 radical (unpaired) electrons. The Morgan fingerprint density at radius 3 is 2.33 bits per heavy atom. The van der Waals surface area contributed by atoms with E-state index < -0.39 is 0 Å². The molecule has 0 aromatic heterocycles. The van der Waals surface area contributed by atoms with E-state index >= 15 is 0 Å². The van der Waals surface area contributed by atoms with Gasteiger partial charge in [0.15, 0.2) is 0 Å². The fourth-order valence-electron chi connectivity index (χ4n) is 0.833. The largest absolute Gasteiger partial charge is 0.349 e. The predicted octanol–water partition coefficient (Wildman–Crippen LogP) is 2.21. The molecule has 2 nitrogen and oxygen atoms in total. The van der Waals surface area contributed by atoms with Crippen LogP contribution in [0.25, 0.3) is 0 Å². The highest BCUT2D eigenvalue weighted by molar-refractivity contribution is 5.75. The quantitative estimate of drug-likeness (QED) is 0.578. The van der Waals surface area contributed by atoms with E-state index in [1.54, 1.807) is 19.0 Å². The molecule has 0 atom stereocenters. The van der Waals surface area contributed by atoms with Gasteiger partial charge < -0.3 is 4.90 Å². The maximum absolute atomic E-state index is 11.1. The number of hydrogen-bond acceptors (Lipinski definition) is 1. The fraction of sp³-hybridized carbons (Fsp3) is 0.700. The molecule has 2 heteroatoms. The van der Waals surface area contributed by atoms with Crippen molar-refractivity contribution in [3.05, 3.63) is 12.2 Å². The molecule has 0 aromatic carbocycles. The Kier molecular flexibility index (Phi) is 6.44. The van der Waals surface area contributed by atoms with Crippen LogP contribution >= 0.6 is 0 Å². The lowest BCUT2D eigenvalue weighted by Crippen LogP contribution is -2.20. The van der Waals surface area contributed by atoms with E-state index in [1.165, 1.54) is 6.42 Å². The molecule has 0 rings (SSSR count). The third-order valence-electron chi connectivity index (χ3n) is 1.65. The minimum atomic E-state index is 0.205. The average molecular weight is 169 g/mol. The van der Waals surface area contributed by atoms with E-state index in [-0.39, 0.29) is 5.91 Å². The van der Waals surface area contributed by atoms with Crippen LogP contribution in [0.2, 0.25) is 0 Å². The number of allylic oxidation sites excluding steroid dienone is 2. The third kappa shape index (κ3) is 5.96. The van der Waals surface area contributed by atoms with Crippen molar-refractivity contribution in [3.63, 3.8) is 0 Å². The number of carbonyl (C=O) groups excluding carboxylic acids is 1. The smallest absolute Gasteiger partial charge is 0.222 e. The number of amides is 1. The van der Waals surface area contributed by atoms with Crippen LogP contribution in [0, 0.1) is 0 Å². The van der Waals surface area contributed by atoms with Crippen LogP contribution < -0.4 is 0 Å². The molecule has 0 aliphatic heterocycles. The van der Waals surface area contributed by atoms with Gasteiger partial charge in [0.1, 0.15) is 0 Å². The maximum Gasteiger partial charge on any atom is 0.222 e. The molecular weight excluding hydrogens is 150 g/mol. The summed E-state index contributed by atoms with van der Waals surface area (Å²) in [7, 11) is 3.58. The molecular formula is C10H19NO. The molecule has 1 amide bonds. The van der Waals surface area contributed by atoms with Gasteiger partial charge in [0.2, 0.25) is 5.91 Å². The molecule has 0 unspecified atom stereocenters. The van der Waals surface area contributed by atoms with Crippen molar-refractivity contribution in [1.29, 1.82) is 0 Å². The Hall–Kier alpha value is -0.790. The summed E-state index contributed by atoms with van der Waals surface area (Å²) < 4.78 is 0. The minimum Gasteiger partial charge on any atom is -0.349 e. The first-order valence-corrected chi connectivity index (χ1v) is 4.53. The van der Waals surface area contributed by atoms with Crippen LogP contribution in [-0.2, 0) is 4.79 Å². The highest BCUT2D eigenvalue weighted by Crippen LogP contribution is 1.97. The maximum atomic E-state index is 11.1. The first-order valence-electron chi connectivity index (χ1n) is 4.53. The zero-order valence-electron chi connectivity index (χ0n) is 8.34. The summed E-state index contributed by atoms with van der Waals surface area (Å²) in [6.45, 7) is 2.15. The van der Waals surface area contributed by atoms with E-state index in [9.17, 15) is 4.79 Å². The Labute approximate surface area is 75.3 Å². The van der Waals surface area contributed by atoms with E-state index in [2.05, 4.69) is 19.1 Å². The van der Waals surface area contributed by atoms with Crippen LogP contribution in [-0.4, -0.2) is 24.9 Å². The van der Waals surface area contributed by atoms with Crippen LogP contribution in [0.5, 0.6) is 0 Å². The number of rotatable bonds is 5. The summed E-state index contributed by atoms with van der Waals surface area (Å²) in [5.74, 6) is 0.205. The monoisotopic (exact) mass is 169 g/mol. The molecule has 0 aliphatic rings. The van der Waals surface area contributed by atoms with Crippen molar-refractivity contribution in [2.45, 2.75) is 32.6 Å². The number of hydrogen-bond donors (Lipinski definition) is 0. The highest BCUT2D eigenvalue weighted by Gasteiger charge is 1.99. The molecule has 0 bridgehead atoms. The van der Waals surface area contributed by atoms with Crippen molar-refractivity contribution >= 4 is 5.91 Å². The number of unbranched alkanes of at least 4 members (excludes halogenated alkanes) is 1. The van der Waals surface area contributed by atoms with Crippen LogP contribution in [0.3, 0.4) is 0 Å². The van der Waals surface area contributed by atoms with Crippen LogP contribution in [0.15, 0.2) is 12.2 Å². The van der Waals surface area contributed by atoms with Gasteiger partial charge in [0, 0.05) is 20.5 Å². The molecule has 0 fully saturated rings. The lowest BCUT2D eigenvalue weighted by Gasteiger charge is -2.07. The summed E-state index contributed by atoms with van der Waals surface area (Å²) in [5, 5.41) is 0. The highest BCUT2D eigenvalue weighted by atomic mass is 16.2. The molecule has 70 valence electrons. The summed E-state index contributed by atoms with van der Waals surface area (Å²) in [4.78, 5) is 12.7. The van der Waals surface area contributed by atoms with Gasteiger partial charge in [-0.2, -0.15) is 0 Å². The second kappa shape index (κ2) is 6.89. The van der Waals surface area contributed by atoms with E-state index in [4.69, 9.17) is 0 Å². The van der Waals surface area contributed by atoms with Crippen molar-refractivity contribution in [1.82, 2.24) is 4.90 Å². The molecule has 0 saturated heterocycles. The Bertz CT molecular complexity index is 150. The first-order chi connectivity index (χ1) is 5.68. The van der Waals surface area contributed by atoms with Gasteiger partial charge in [0.05, 0.1) is 0 Å². The average Bonchev–Trinajstić information content (AvgIpc) is 2.03. The number of nitrogens with zero attached hydrogens (tertiary/aromatic N) is 1. The summed E-state index contributed by atoms with van der Waals surface area (Å²) >= 11 is 0. The fourth-order valence-corrected chi connectivity index (χ4v) is 0.833. The van der Waals surface area contributed by atoms with Gasteiger partial charge in [-0.15, -0.1) is 0 Å². The van der Waals surface area contributed by atoms with E-state index in [1.807, 2.05) is 0 Å². The van der Waals surface area contributed by atoms with Crippen molar-refractivity contribution in [2.75, 3.05) is 14.1 Å². The molecule has 0 N–H and O–H groups in total. The second-order valence-corrected chi connectivity index (χ2v) is 3.09. The zero-order valence-corrected chi connectivity index (χ0v) is 8.34. The second-order valence-electron chi connectivity index (χ2n) is 3.09. The summed E-state index contributed by atoms with van der Waals surface area (Å²) in [6.07, 6.45) is 8.03. The first kappa shape index (κ1) is 11.2. The van der Waals surface area contributed by atoms with Crippen LogP contribution in [0.4, 0.5) is 0 Å². The molecule has 0 saturated carbocycles. The molecule has 12 heavy (non-hydrogen) atoms. The standard InChI is InChI=1S/C10H19NO/c1-4-5-6-7-8-9-10(12)11(2)3/h6-7H,4-5,8-9H2,1-3H3. The van der Waals surface area contributed by atoms with Gasteiger partial charge in [0.25, 0.3) is 0 Å². The lowest BCUT2D eigenvalue weighted by atomic mass is 10.2. The molecule has 0 aromatic rings. The summed E-state index contributed by atoms with van der Waals surface area (Å²) in [5.41, 5.74) is 0. The van der Waals surface area contributed by atoms with Gasteiger partial charge in [-0.1, -0.05) is 25.5 Å². The Morgan fingerprint density at radius 2 is 1.83 bits per heavy atom. The lowest BCUT2D eigenvalue weighted by molar-refractivity contribution is -0.128. The SMILES string of the molecule is CCCC=CCCC(=O)N(C)C. The topological polar surface area (TPSA) is 20.3 Å². The van der Waals surface area contributed by atoms with Crippen molar-refractivity contribution < 1.29 is 4.79 Å². The van der Waals surface area contributed by atoms with Crippen molar-refractivity contribution in [2.24, 2.45) is 0 Å². The normalized spacial score (nSPS) is 10.6. The van der Waals surface area contributed by atoms with Crippen molar-refractivity contribution in [3.8, 4) is 0 Å². The molecule has 0 aliphatic carbocycles. The minimum absolute atomic E-state index is 0.205. The predicted molar refractivity (Wildman–Crippen MR) is 52.0 cm³/mol. The third-order valence-corrected chi connectivity index (χ3v) is 1.65. The number of carbonyl (C=O) groups is 1. The van der Waals surface area contributed by atoms with Gasteiger partial charge in [-0.3, -0.25) is 4.79 Å². The van der Waals surface area contributed by atoms with Crippen LogP contribution in [0.1, 0.15) is 32.6 Å². The van der Waals surface area contributed by atoms with Gasteiger partial charge >= 0.3 is 0 Å². The zero-order chi connectivity index (χ0) is 9.40. The van der Waals surface area contributed by atoms with Gasteiger partial charge in [-0.05, 0) is 12.8 Å². The molecule has 0 heterocycles. The van der Waals surface area contributed by atoms with Gasteiger partial charge in [-0.25, -0.2) is 0 Å². The molecule has 0 spiro atoms. The summed E-state index contributed by atoms with van der Waals surface area (Å²) in [6, 6.07) is 0. The Morgan fingerprint density at radius 1 is 1.25 bits per heavy atom. The van der Waals surface area contributed by atoms with E-state index in [0.29, 0.717) is 6.42 Å². The van der Waals surface area contributed by atoms with E-state index in [0.717, 1.165) is 12.8 Å².